The molecule has 0 aromatic heterocycles. The van der Waals surface area contributed by atoms with Gasteiger partial charge in [-0.1, -0.05) is 30.3 Å². The number of hydrogen-bond acceptors (Lipinski definition) is 3. The third kappa shape index (κ3) is 3.38. The minimum absolute atomic E-state index is 0.118. The summed E-state index contributed by atoms with van der Waals surface area (Å²) < 4.78 is 31.8. The lowest BCUT2D eigenvalue weighted by Crippen LogP contribution is -2.56. The van der Waals surface area contributed by atoms with E-state index in [0.29, 0.717) is 25.9 Å². The Hall–Kier alpha value is -1.69. The number of halogens is 2. The Labute approximate surface area is 128 Å². The SMILES string of the molecule is O=C(OCc1ccccc1)N1CCC2(CCC(F)(F)CN2)C1. The highest BCUT2D eigenvalue weighted by Crippen LogP contribution is 2.35. The largest absolute Gasteiger partial charge is 0.445 e. The zero-order valence-corrected chi connectivity index (χ0v) is 12.4. The normalized spacial score (nSPS) is 27.1. The van der Waals surface area contributed by atoms with Gasteiger partial charge in [-0.2, -0.15) is 0 Å². The molecule has 2 fully saturated rings. The number of amides is 1. The van der Waals surface area contributed by atoms with Crippen molar-refractivity contribution in [3.63, 3.8) is 0 Å². The maximum atomic E-state index is 13.2. The number of carbonyl (C=O) groups excluding carboxylic acids is 1. The minimum Gasteiger partial charge on any atom is -0.445 e. The van der Waals surface area contributed by atoms with Gasteiger partial charge in [0.1, 0.15) is 6.61 Å². The molecule has 2 aliphatic heterocycles. The van der Waals surface area contributed by atoms with Crippen LogP contribution in [0.15, 0.2) is 30.3 Å². The summed E-state index contributed by atoms with van der Waals surface area (Å²) in [6.07, 6.45) is 0.596. The molecule has 1 aromatic rings. The first-order valence-corrected chi connectivity index (χ1v) is 7.57. The van der Waals surface area contributed by atoms with Crippen LogP contribution in [0.2, 0.25) is 0 Å². The smallest absolute Gasteiger partial charge is 0.410 e. The van der Waals surface area contributed by atoms with Crippen LogP contribution in [-0.2, 0) is 11.3 Å². The van der Waals surface area contributed by atoms with Crippen LogP contribution in [0.25, 0.3) is 0 Å². The van der Waals surface area contributed by atoms with Crippen molar-refractivity contribution in [3.05, 3.63) is 35.9 Å². The molecule has 1 aromatic carbocycles. The zero-order chi connectivity index (χ0) is 15.6. The number of carbonyl (C=O) groups is 1. The van der Waals surface area contributed by atoms with Crippen LogP contribution in [0.3, 0.4) is 0 Å². The van der Waals surface area contributed by atoms with Crippen LogP contribution < -0.4 is 5.32 Å². The van der Waals surface area contributed by atoms with E-state index in [1.165, 1.54) is 0 Å². The second-order valence-electron chi connectivity index (χ2n) is 6.20. The van der Waals surface area contributed by atoms with Crippen LogP contribution in [-0.4, -0.2) is 42.1 Å². The van der Waals surface area contributed by atoms with Gasteiger partial charge in [-0.25, -0.2) is 13.6 Å². The molecule has 1 unspecified atom stereocenters. The van der Waals surface area contributed by atoms with Gasteiger partial charge in [0.15, 0.2) is 0 Å². The Morgan fingerprint density at radius 2 is 2.00 bits per heavy atom. The Kier molecular flexibility index (Phi) is 4.04. The number of hydrogen-bond donors (Lipinski definition) is 1. The second-order valence-corrected chi connectivity index (χ2v) is 6.20. The number of alkyl halides is 2. The standard InChI is InChI=1S/C16H20F2N2O2/c17-16(18)7-6-15(19-11-16)8-9-20(12-15)14(21)22-10-13-4-2-1-3-5-13/h1-5,19H,6-12H2. The first-order valence-electron chi connectivity index (χ1n) is 7.57. The first-order chi connectivity index (χ1) is 10.5. The van der Waals surface area contributed by atoms with E-state index in [-0.39, 0.29) is 31.2 Å². The molecule has 22 heavy (non-hydrogen) atoms. The van der Waals surface area contributed by atoms with Crippen LogP contribution in [0, 0.1) is 0 Å². The lowest BCUT2D eigenvalue weighted by molar-refractivity contribution is -0.0443. The fraction of sp³-hybridized carbons (Fsp3) is 0.562. The third-order valence-corrected chi connectivity index (χ3v) is 4.51. The van der Waals surface area contributed by atoms with Crippen LogP contribution >= 0.6 is 0 Å². The average Bonchev–Trinajstić information content (AvgIpc) is 2.94. The summed E-state index contributed by atoms with van der Waals surface area (Å²) in [5, 5.41) is 2.94. The van der Waals surface area contributed by atoms with Gasteiger partial charge >= 0.3 is 6.09 Å². The molecule has 0 bridgehead atoms. The quantitative estimate of drug-likeness (QED) is 0.913. The molecule has 0 aliphatic carbocycles. The van der Waals surface area contributed by atoms with Crippen molar-refractivity contribution in [3.8, 4) is 0 Å². The number of rotatable bonds is 2. The molecular weight excluding hydrogens is 290 g/mol. The molecule has 1 atom stereocenters. The molecular formula is C16H20F2N2O2. The summed E-state index contributed by atoms with van der Waals surface area (Å²) in [6, 6.07) is 9.47. The highest BCUT2D eigenvalue weighted by Gasteiger charge is 2.47. The van der Waals surface area contributed by atoms with Crippen molar-refractivity contribution < 1.29 is 18.3 Å². The van der Waals surface area contributed by atoms with Crippen molar-refractivity contribution in [2.45, 2.75) is 37.3 Å². The summed E-state index contributed by atoms with van der Waals surface area (Å²) in [7, 11) is 0. The maximum Gasteiger partial charge on any atom is 0.410 e. The van der Waals surface area contributed by atoms with Crippen LogP contribution in [0.4, 0.5) is 13.6 Å². The van der Waals surface area contributed by atoms with Crippen molar-refractivity contribution in [2.24, 2.45) is 0 Å². The predicted octanol–water partition coefficient (Wildman–Crippen LogP) is 2.79. The zero-order valence-electron chi connectivity index (χ0n) is 12.4. The number of nitrogens with zero attached hydrogens (tertiary/aromatic N) is 1. The molecule has 6 heteroatoms. The molecule has 1 N–H and O–H groups in total. The Morgan fingerprint density at radius 3 is 2.68 bits per heavy atom. The average molecular weight is 310 g/mol. The van der Waals surface area contributed by atoms with Gasteiger partial charge in [-0.05, 0) is 18.4 Å². The van der Waals surface area contributed by atoms with Crippen LogP contribution in [0.1, 0.15) is 24.8 Å². The van der Waals surface area contributed by atoms with E-state index in [4.69, 9.17) is 4.74 Å². The summed E-state index contributed by atoms with van der Waals surface area (Å²) in [5.41, 5.74) is 0.563. The van der Waals surface area contributed by atoms with E-state index < -0.39 is 5.92 Å². The van der Waals surface area contributed by atoms with Gasteiger partial charge in [-0.3, -0.25) is 0 Å². The lowest BCUT2D eigenvalue weighted by atomic mass is 9.87. The Balaban J connectivity index is 1.51. The van der Waals surface area contributed by atoms with Crippen molar-refractivity contribution in [2.75, 3.05) is 19.6 Å². The molecule has 120 valence electrons. The fourth-order valence-corrected chi connectivity index (χ4v) is 3.10. The van der Waals surface area contributed by atoms with Gasteiger partial charge in [0.25, 0.3) is 5.92 Å². The van der Waals surface area contributed by atoms with Gasteiger partial charge in [0.05, 0.1) is 6.54 Å². The number of nitrogens with one attached hydrogen (secondary N) is 1. The van der Waals surface area contributed by atoms with Gasteiger partial charge in [0, 0.05) is 25.0 Å². The third-order valence-electron chi connectivity index (χ3n) is 4.51. The van der Waals surface area contributed by atoms with E-state index in [1.54, 1.807) is 4.90 Å². The maximum absolute atomic E-state index is 13.2. The Morgan fingerprint density at radius 1 is 1.23 bits per heavy atom. The number of piperidine rings is 1. The predicted molar refractivity (Wildman–Crippen MR) is 77.7 cm³/mol. The van der Waals surface area contributed by atoms with Crippen molar-refractivity contribution in [1.29, 1.82) is 0 Å². The number of ether oxygens (including phenoxy) is 1. The minimum atomic E-state index is -2.63. The highest BCUT2D eigenvalue weighted by atomic mass is 19.3. The number of benzene rings is 1. The topological polar surface area (TPSA) is 41.6 Å². The molecule has 2 saturated heterocycles. The first kappa shape index (κ1) is 15.2. The van der Waals surface area contributed by atoms with Gasteiger partial charge < -0.3 is 15.0 Å². The van der Waals surface area contributed by atoms with Crippen LogP contribution in [0.5, 0.6) is 0 Å². The molecule has 2 heterocycles. The molecule has 2 aliphatic rings. The highest BCUT2D eigenvalue weighted by molar-refractivity contribution is 5.68. The summed E-state index contributed by atoms with van der Waals surface area (Å²) in [6.45, 7) is 0.914. The van der Waals surface area contributed by atoms with E-state index >= 15 is 0 Å². The lowest BCUT2D eigenvalue weighted by Gasteiger charge is -2.38. The molecule has 0 radical (unpaired) electrons. The van der Waals surface area contributed by atoms with Gasteiger partial charge in [0.2, 0.25) is 0 Å². The summed E-state index contributed by atoms with van der Waals surface area (Å²) >= 11 is 0. The monoisotopic (exact) mass is 310 g/mol. The molecule has 4 nitrogen and oxygen atoms in total. The summed E-state index contributed by atoms with van der Waals surface area (Å²) in [4.78, 5) is 13.7. The second kappa shape index (κ2) is 5.83. The Bertz CT molecular complexity index is 526. The van der Waals surface area contributed by atoms with Gasteiger partial charge in [-0.15, -0.1) is 0 Å². The van der Waals surface area contributed by atoms with Crippen molar-refractivity contribution >= 4 is 6.09 Å². The molecule has 1 spiro atoms. The fourth-order valence-electron chi connectivity index (χ4n) is 3.10. The van der Waals surface area contributed by atoms with E-state index in [1.807, 2.05) is 30.3 Å². The molecule has 1 amide bonds. The summed E-state index contributed by atoms with van der Waals surface area (Å²) in [5.74, 6) is -2.63. The molecule has 0 saturated carbocycles. The molecule has 3 rings (SSSR count). The number of likely N-dealkylation sites (tertiary alicyclic amines) is 1. The van der Waals surface area contributed by atoms with E-state index in [0.717, 1.165) is 5.56 Å². The van der Waals surface area contributed by atoms with Crippen molar-refractivity contribution in [1.82, 2.24) is 10.2 Å². The van der Waals surface area contributed by atoms with E-state index in [2.05, 4.69) is 5.32 Å². The van der Waals surface area contributed by atoms with E-state index in [9.17, 15) is 13.6 Å².